The van der Waals surface area contributed by atoms with Gasteiger partial charge in [0.05, 0.1) is 6.61 Å². The zero-order valence-electron chi connectivity index (χ0n) is 8.82. The lowest BCUT2D eigenvalue weighted by molar-refractivity contribution is -0.138. The van der Waals surface area contributed by atoms with E-state index in [4.69, 9.17) is 8.85 Å². The lowest BCUT2D eigenvalue weighted by Crippen LogP contribution is -2.05. The standard InChI is InChI=1S/C5H6O2.C4H12O2Si/c6-5-3-1-2-4-7-5;1-3-5-7-6-4-2/h1,3H,2,4H2;3-4,7H2,1-2H3. The zero-order valence-corrected chi connectivity index (χ0v) is 10.2. The van der Waals surface area contributed by atoms with Crippen LogP contribution in [0.1, 0.15) is 20.3 Å². The first-order valence-electron chi connectivity index (χ1n) is 4.80. The van der Waals surface area contributed by atoms with Gasteiger partial charge < -0.3 is 13.6 Å². The lowest BCUT2D eigenvalue weighted by atomic mass is 10.3. The summed E-state index contributed by atoms with van der Waals surface area (Å²) in [5, 5.41) is 0. The number of carbonyl (C=O) groups is 1. The van der Waals surface area contributed by atoms with Crippen molar-refractivity contribution in [3.63, 3.8) is 0 Å². The highest BCUT2D eigenvalue weighted by molar-refractivity contribution is 6.17. The van der Waals surface area contributed by atoms with Gasteiger partial charge in [-0.05, 0) is 13.8 Å². The molecular formula is C9H18O4Si. The SMILES string of the molecule is CCO[SiH2]OCC.O=C1C=CCCO1. The Morgan fingerprint density at radius 1 is 1.43 bits per heavy atom. The highest BCUT2D eigenvalue weighted by Crippen LogP contribution is 1.93. The Kier molecular flexibility index (Phi) is 9.94. The quantitative estimate of drug-likeness (QED) is 0.393. The predicted octanol–water partition coefficient (Wildman–Crippen LogP) is 0.548. The van der Waals surface area contributed by atoms with Crippen LogP contribution in [0.3, 0.4) is 0 Å². The lowest BCUT2D eigenvalue weighted by Gasteiger charge is -2.01. The molecule has 1 aliphatic rings. The van der Waals surface area contributed by atoms with Gasteiger partial charge in [0, 0.05) is 25.7 Å². The largest absolute Gasteiger partial charge is 0.462 e. The van der Waals surface area contributed by atoms with Gasteiger partial charge in [-0.2, -0.15) is 0 Å². The third-order valence-corrected chi connectivity index (χ3v) is 2.51. The number of hydrogen-bond acceptors (Lipinski definition) is 4. The van der Waals surface area contributed by atoms with E-state index < -0.39 is 10.0 Å². The molecule has 82 valence electrons. The molecule has 1 aliphatic heterocycles. The van der Waals surface area contributed by atoms with Crippen molar-refractivity contribution in [1.29, 1.82) is 0 Å². The fourth-order valence-corrected chi connectivity index (χ4v) is 1.13. The first kappa shape index (κ1) is 13.3. The molecule has 0 aromatic rings. The maximum Gasteiger partial charge on any atom is 0.330 e. The third-order valence-electron chi connectivity index (χ3n) is 1.36. The maximum absolute atomic E-state index is 10.2. The first-order chi connectivity index (χ1) is 6.81. The van der Waals surface area contributed by atoms with Crippen molar-refractivity contribution in [1.82, 2.24) is 0 Å². The molecular weight excluding hydrogens is 200 g/mol. The molecule has 1 heterocycles. The van der Waals surface area contributed by atoms with Crippen molar-refractivity contribution in [2.75, 3.05) is 19.8 Å². The highest BCUT2D eigenvalue weighted by Gasteiger charge is 1.98. The van der Waals surface area contributed by atoms with Crippen LogP contribution in [0.4, 0.5) is 0 Å². The summed E-state index contributed by atoms with van der Waals surface area (Å²) in [5.41, 5.74) is 0. The second-order valence-electron chi connectivity index (χ2n) is 2.46. The van der Waals surface area contributed by atoms with Crippen LogP contribution in [0, 0.1) is 0 Å². The molecule has 0 aliphatic carbocycles. The van der Waals surface area contributed by atoms with Gasteiger partial charge in [0.2, 0.25) is 0 Å². The van der Waals surface area contributed by atoms with Crippen molar-refractivity contribution in [2.24, 2.45) is 0 Å². The second kappa shape index (κ2) is 10.4. The molecule has 0 aromatic carbocycles. The minimum Gasteiger partial charge on any atom is -0.462 e. The highest BCUT2D eigenvalue weighted by atomic mass is 28.3. The smallest absolute Gasteiger partial charge is 0.330 e. The van der Waals surface area contributed by atoms with Crippen LogP contribution in [-0.2, 0) is 18.4 Å². The molecule has 0 spiro atoms. The van der Waals surface area contributed by atoms with Crippen LogP contribution in [0.15, 0.2) is 12.2 Å². The van der Waals surface area contributed by atoms with Gasteiger partial charge in [0.1, 0.15) is 0 Å². The van der Waals surface area contributed by atoms with Gasteiger partial charge in [0.15, 0.2) is 0 Å². The van der Waals surface area contributed by atoms with E-state index in [9.17, 15) is 4.79 Å². The minimum atomic E-state index is -0.589. The number of carbonyl (C=O) groups excluding carboxylic acids is 1. The van der Waals surface area contributed by atoms with Crippen molar-refractivity contribution in [2.45, 2.75) is 20.3 Å². The number of rotatable bonds is 4. The Morgan fingerprint density at radius 2 is 2.07 bits per heavy atom. The van der Waals surface area contributed by atoms with Gasteiger partial charge in [-0.25, -0.2) is 4.79 Å². The second-order valence-corrected chi connectivity index (χ2v) is 3.51. The Hall–Kier alpha value is -0.653. The van der Waals surface area contributed by atoms with Gasteiger partial charge in [0.25, 0.3) is 0 Å². The Balaban J connectivity index is 0.000000241. The minimum absolute atomic E-state index is 0.216. The maximum atomic E-state index is 10.2. The van der Waals surface area contributed by atoms with E-state index in [0.717, 1.165) is 19.6 Å². The first-order valence-corrected chi connectivity index (χ1v) is 5.95. The number of hydrogen-bond donors (Lipinski definition) is 0. The average molecular weight is 218 g/mol. The molecule has 0 atom stereocenters. The number of ether oxygens (including phenoxy) is 1. The zero-order chi connectivity index (χ0) is 10.6. The van der Waals surface area contributed by atoms with E-state index in [2.05, 4.69) is 4.74 Å². The molecule has 0 unspecified atom stereocenters. The Morgan fingerprint density at radius 3 is 2.36 bits per heavy atom. The van der Waals surface area contributed by atoms with E-state index in [1.54, 1.807) is 0 Å². The molecule has 0 amide bonds. The summed E-state index contributed by atoms with van der Waals surface area (Å²) in [6.45, 7) is 6.10. The molecule has 0 aromatic heterocycles. The fourth-order valence-electron chi connectivity index (χ4n) is 0.681. The predicted molar refractivity (Wildman–Crippen MR) is 56.5 cm³/mol. The van der Waals surface area contributed by atoms with Gasteiger partial charge in [-0.15, -0.1) is 0 Å². The van der Waals surface area contributed by atoms with Crippen LogP contribution in [0.25, 0.3) is 0 Å². The molecule has 0 fully saturated rings. The monoisotopic (exact) mass is 218 g/mol. The van der Waals surface area contributed by atoms with Crippen LogP contribution in [0.2, 0.25) is 0 Å². The molecule has 4 nitrogen and oxygen atoms in total. The van der Waals surface area contributed by atoms with Crippen molar-refractivity contribution < 1.29 is 18.4 Å². The van der Waals surface area contributed by atoms with Crippen LogP contribution in [-0.4, -0.2) is 35.8 Å². The molecule has 0 saturated heterocycles. The van der Waals surface area contributed by atoms with Crippen molar-refractivity contribution in [3.05, 3.63) is 12.2 Å². The van der Waals surface area contributed by atoms with Crippen molar-refractivity contribution in [3.8, 4) is 0 Å². The normalized spacial score (nSPS) is 14.3. The molecule has 0 saturated carbocycles. The molecule has 1 rings (SSSR count). The summed E-state index contributed by atoms with van der Waals surface area (Å²) in [6.07, 6.45) is 4.13. The van der Waals surface area contributed by atoms with Gasteiger partial charge in [-0.1, -0.05) is 6.08 Å². The molecule has 14 heavy (non-hydrogen) atoms. The van der Waals surface area contributed by atoms with Gasteiger partial charge in [-0.3, -0.25) is 0 Å². The topological polar surface area (TPSA) is 44.8 Å². The third kappa shape index (κ3) is 9.44. The summed E-state index contributed by atoms with van der Waals surface area (Å²) in [6, 6.07) is 0. The van der Waals surface area contributed by atoms with Crippen LogP contribution < -0.4 is 0 Å². The number of esters is 1. The average Bonchev–Trinajstić information content (AvgIpc) is 2.21. The van der Waals surface area contributed by atoms with E-state index >= 15 is 0 Å². The van der Waals surface area contributed by atoms with E-state index in [1.807, 2.05) is 19.9 Å². The van der Waals surface area contributed by atoms with Crippen LogP contribution >= 0.6 is 0 Å². The fraction of sp³-hybridized carbons (Fsp3) is 0.667. The summed E-state index contributed by atoms with van der Waals surface area (Å²) < 4.78 is 14.5. The molecule has 0 radical (unpaired) electrons. The molecule has 0 bridgehead atoms. The molecule has 5 heteroatoms. The van der Waals surface area contributed by atoms with Crippen molar-refractivity contribution >= 4 is 16.0 Å². The summed E-state index contributed by atoms with van der Waals surface area (Å²) >= 11 is 0. The summed E-state index contributed by atoms with van der Waals surface area (Å²) in [7, 11) is -0.589. The Bertz CT molecular complexity index is 166. The molecule has 0 N–H and O–H groups in total. The summed E-state index contributed by atoms with van der Waals surface area (Å²) in [4.78, 5) is 10.2. The van der Waals surface area contributed by atoms with Gasteiger partial charge >= 0.3 is 16.0 Å². The van der Waals surface area contributed by atoms with E-state index in [-0.39, 0.29) is 5.97 Å². The van der Waals surface area contributed by atoms with Crippen LogP contribution in [0.5, 0.6) is 0 Å². The van der Waals surface area contributed by atoms with E-state index in [0.29, 0.717) is 6.61 Å². The Labute approximate surface area is 87.3 Å². The number of cyclic esters (lactones) is 1. The summed E-state index contributed by atoms with van der Waals surface area (Å²) in [5.74, 6) is -0.216. The van der Waals surface area contributed by atoms with E-state index in [1.165, 1.54) is 6.08 Å².